The smallest absolute Gasteiger partial charge is 0.248 e. The van der Waals surface area contributed by atoms with Crippen LogP contribution in [0.2, 0.25) is 0 Å². The number of nitrogens with one attached hydrogen (secondary N) is 2. The Morgan fingerprint density at radius 2 is 1.80 bits per heavy atom. The number of rotatable bonds is 8. The summed E-state index contributed by atoms with van der Waals surface area (Å²) in [5, 5.41) is 2.93. The van der Waals surface area contributed by atoms with Crippen molar-refractivity contribution in [2.24, 2.45) is 0 Å². The summed E-state index contributed by atoms with van der Waals surface area (Å²) < 4.78 is 0. The molecule has 1 aromatic heterocycles. The van der Waals surface area contributed by atoms with E-state index in [1.807, 2.05) is 48.7 Å². The van der Waals surface area contributed by atoms with Crippen molar-refractivity contribution in [3.63, 3.8) is 0 Å². The number of aromatic amines is 1. The Labute approximate surface area is 210 Å². The summed E-state index contributed by atoms with van der Waals surface area (Å²) in [4.78, 5) is 23.2. The molecule has 0 radical (unpaired) electrons. The van der Waals surface area contributed by atoms with Crippen LogP contribution in [0.5, 0.6) is 0 Å². The van der Waals surface area contributed by atoms with E-state index in [0.717, 1.165) is 46.2 Å². The first-order valence-corrected chi connectivity index (χ1v) is 12.9. The Hall–Kier alpha value is -3.77. The van der Waals surface area contributed by atoms with Gasteiger partial charge in [-0.15, -0.1) is 11.8 Å². The zero-order valence-corrected chi connectivity index (χ0v) is 20.3. The topological polar surface area (TPSA) is 61.0 Å². The van der Waals surface area contributed by atoms with Gasteiger partial charge in [0.05, 0.1) is 6.33 Å². The highest BCUT2D eigenvalue weighted by Crippen LogP contribution is 2.26. The van der Waals surface area contributed by atoms with E-state index in [9.17, 15) is 4.79 Å². The summed E-state index contributed by atoms with van der Waals surface area (Å²) in [7, 11) is 0. The molecule has 0 saturated carbocycles. The van der Waals surface area contributed by atoms with Gasteiger partial charge in [-0.05, 0) is 78.1 Å². The third kappa shape index (κ3) is 6.22. The van der Waals surface area contributed by atoms with Crippen molar-refractivity contribution in [1.29, 1.82) is 0 Å². The summed E-state index contributed by atoms with van der Waals surface area (Å²) in [6.45, 7) is 2.30. The third-order valence-electron chi connectivity index (χ3n) is 6.06. The quantitative estimate of drug-likeness (QED) is 0.220. The van der Waals surface area contributed by atoms with E-state index >= 15 is 0 Å². The number of carbonyl (C=O) groups excluding carboxylic acids is 1. The lowest BCUT2D eigenvalue weighted by atomic mass is 10.0. The predicted molar refractivity (Wildman–Crippen MR) is 146 cm³/mol. The van der Waals surface area contributed by atoms with Crippen molar-refractivity contribution in [3.05, 3.63) is 103 Å². The van der Waals surface area contributed by atoms with E-state index in [2.05, 4.69) is 56.6 Å². The molecule has 1 aliphatic rings. The van der Waals surface area contributed by atoms with Gasteiger partial charge in [-0.3, -0.25) is 4.79 Å². The number of carbonyl (C=O) groups is 1. The first-order chi connectivity index (χ1) is 17.2. The summed E-state index contributed by atoms with van der Waals surface area (Å²) in [5.41, 5.74) is 6.47. The lowest BCUT2D eigenvalue weighted by Gasteiger charge is -2.17. The second-order valence-electron chi connectivity index (χ2n) is 8.58. The third-order valence-corrected chi connectivity index (χ3v) is 7.12. The maximum absolute atomic E-state index is 12.5. The van der Waals surface area contributed by atoms with E-state index in [1.54, 1.807) is 24.2 Å². The molecule has 0 atom stereocenters. The number of imidazole rings is 1. The van der Waals surface area contributed by atoms with Crippen molar-refractivity contribution >= 4 is 35.1 Å². The number of aromatic nitrogens is 2. The SMILES string of the molecule is O=C(/C=C/c1cccc(-c2ccc(N3CCCC3)cc2)c1)Nc1ccc(SCc2cnc[nH]2)cc1. The molecule has 176 valence electrons. The standard InChI is InChI=1S/C29H28N4OS/c34-29(32-25-9-13-28(14-10-25)35-20-26-19-30-21-31-26)15-6-22-4-3-5-24(18-22)23-7-11-27(12-8-23)33-16-1-2-17-33/h3-15,18-19,21H,1-2,16-17,20H2,(H,30,31)(H,32,34)/b15-6+. The number of H-pyrrole nitrogens is 1. The number of thioether (sulfide) groups is 1. The molecule has 6 heteroatoms. The molecule has 0 unspecified atom stereocenters. The molecular formula is C29H28N4OS. The van der Waals surface area contributed by atoms with Crippen molar-refractivity contribution in [3.8, 4) is 11.1 Å². The molecule has 1 saturated heterocycles. The average Bonchev–Trinajstić information content (AvgIpc) is 3.62. The molecule has 0 spiro atoms. The summed E-state index contributed by atoms with van der Waals surface area (Å²) in [5.74, 6) is 0.680. The molecule has 1 fully saturated rings. The summed E-state index contributed by atoms with van der Waals surface area (Å²) in [6, 6.07) is 24.9. The average molecular weight is 481 g/mol. The Kier molecular flexibility index (Phi) is 7.29. The Bertz CT molecular complexity index is 1280. The van der Waals surface area contributed by atoms with Crippen LogP contribution in [0, 0.1) is 0 Å². The Balaban J connectivity index is 1.16. The van der Waals surface area contributed by atoms with E-state index in [1.165, 1.54) is 24.1 Å². The van der Waals surface area contributed by atoms with Crippen LogP contribution in [-0.4, -0.2) is 29.0 Å². The molecule has 5 nitrogen and oxygen atoms in total. The van der Waals surface area contributed by atoms with Crippen LogP contribution in [0.1, 0.15) is 24.1 Å². The van der Waals surface area contributed by atoms with Crippen molar-refractivity contribution in [2.45, 2.75) is 23.5 Å². The van der Waals surface area contributed by atoms with E-state index < -0.39 is 0 Å². The number of hydrogen-bond acceptors (Lipinski definition) is 4. The second kappa shape index (κ2) is 11.1. The van der Waals surface area contributed by atoms with Gasteiger partial charge in [0.15, 0.2) is 0 Å². The Morgan fingerprint density at radius 3 is 2.54 bits per heavy atom. The van der Waals surface area contributed by atoms with Crippen LogP contribution in [0.3, 0.4) is 0 Å². The van der Waals surface area contributed by atoms with Crippen molar-refractivity contribution in [1.82, 2.24) is 9.97 Å². The minimum Gasteiger partial charge on any atom is -0.372 e. The zero-order chi connectivity index (χ0) is 23.9. The molecule has 1 aliphatic heterocycles. The van der Waals surface area contributed by atoms with Crippen LogP contribution in [0.25, 0.3) is 17.2 Å². The lowest BCUT2D eigenvalue weighted by Crippen LogP contribution is -2.17. The highest BCUT2D eigenvalue weighted by Gasteiger charge is 2.12. The Morgan fingerprint density at radius 1 is 1.00 bits per heavy atom. The molecule has 4 aromatic rings. The second-order valence-corrected chi connectivity index (χ2v) is 9.63. The monoisotopic (exact) mass is 480 g/mol. The lowest BCUT2D eigenvalue weighted by molar-refractivity contribution is -0.111. The van der Waals surface area contributed by atoms with Gasteiger partial charge in [-0.1, -0.05) is 30.3 Å². The summed E-state index contributed by atoms with van der Waals surface area (Å²) >= 11 is 1.72. The van der Waals surface area contributed by atoms with Gasteiger partial charge in [0.1, 0.15) is 0 Å². The largest absolute Gasteiger partial charge is 0.372 e. The van der Waals surface area contributed by atoms with Crippen molar-refractivity contribution in [2.75, 3.05) is 23.3 Å². The molecule has 5 rings (SSSR count). The first kappa shape index (κ1) is 23.0. The number of amides is 1. The van der Waals surface area contributed by atoms with Gasteiger partial charge in [0.25, 0.3) is 0 Å². The van der Waals surface area contributed by atoms with E-state index in [0.29, 0.717) is 0 Å². The molecule has 0 bridgehead atoms. The number of nitrogens with zero attached hydrogens (tertiary/aromatic N) is 2. The molecule has 35 heavy (non-hydrogen) atoms. The van der Waals surface area contributed by atoms with Crippen LogP contribution in [-0.2, 0) is 10.5 Å². The highest BCUT2D eigenvalue weighted by atomic mass is 32.2. The van der Waals surface area contributed by atoms with Gasteiger partial charge < -0.3 is 15.2 Å². The first-order valence-electron chi connectivity index (χ1n) is 11.9. The fourth-order valence-corrected chi connectivity index (χ4v) is 4.99. The number of anilines is 2. The molecule has 0 aliphatic carbocycles. The molecule has 2 N–H and O–H groups in total. The molecular weight excluding hydrogens is 452 g/mol. The van der Waals surface area contributed by atoms with Crippen LogP contribution < -0.4 is 10.2 Å². The van der Waals surface area contributed by atoms with E-state index in [-0.39, 0.29) is 5.91 Å². The number of benzene rings is 3. The normalized spacial score (nSPS) is 13.4. The van der Waals surface area contributed by atoms with Gasteiger partial charge in [-0.2, -0.15) is 0 Å². The minimum absolute atomic E-state index is 0.150. The maximum atomic E-state index is 12.5. The maximum Gasteiger partial charge on any atom is 0.248 e. The molecule has 1 amide bonds. The van der Waals surface area contributed by atoms with Gasteiger partial charge >= 0.3 is 0 Å². The van der Waals surface area contributed by atoms with Gasteiger partial charge in [0.2, 0.25) is 5.91 Å². The molecule has 3 aromatic carbocycles. The highest BCUT2D eigenvalue weighted by molar-refractivity contribution is 7.98. The van der Waals surface area contributed by atoms with Crippen LogP contribution >= 0.6 is 11.8 Å². The van der Waals surface area contributed by atoms with Crippen molar-refractivity contribution < 1.29 is 4.79 Å². The van der Waals surface area contributed by atoms with Gasteiger partial charge in [0, 0.05) is 53.1 Å². The van der Waals surface area contributed by atoms with Gasteiger partial charge in [-0.25, -0.2) is 4.98 Å². The fraction of sp³-hybridized carbons (Fsp3) is 0.172. The van der Waals surface area contributed by atoms with Crippen LogP contribution in [0.15, 0.2) is 96.3 Å². The van der Waals surface area contributed by atoms with Crippen LogP contribution in [0.4, 0.5) is 11.4 Å². The minimum atomic E-state index is -0.150. The fourth-order valence-electron chi connectivity index (χ4n) is 4.18. The number of hydrogen-bond donors (Lipinski definition) is 2. The zero-order valence-electron chi connectivity index (χ0n) is 19.5. The molecule has 2 heterocycles. The van der Waals surface area contributed by atoms with E-state index in [4.69, 9.17) is 0 Å². The summed E-state index contributed by atoms with van der Waals surface area (Å²) in [6.07, 6.45) is 9.50. The predicted octanol–water partition coefficient (Wildman–Crippen LogP) is 6.62.